The Bertz CT molecular complexity index is 484. The van der Waals surface area contributed by atoms with E-state index in [4.69, 9.17) is 5.84 Å². The second-order valence-corrected chi connectivity index (χ2v) is 5.27. The van der Waals surface area contributed by atoms with E-state index in [2.05, 4.69) is 26.3 Å². The van der Waals surface area contributed by atoms with Crippen LogP contribution in [0.4, 0.5) is 0 Å². The minimum Gasteiger partial charge on any atom is -0.271 e. The molecule has 0 aromatic carbocycles. The largest absolute Gasteiger partial charge is 0.271 e. The smallest absolute Gasteiger partial charge is 0.0817 e. The third-order valence-electron chi connectivity index (χ3n) is 2.45. The number of hydrogen-bond acceptors (Lipinski definition) is 4. The summed E-state index contributed by atoms with van der Waals surface area (Å²) < 4.78 is 1.08. The monoisotopic (exact) mass is 297 g/mol. The van der Waals surface area contributed by atoms with Gasteiger partial charge in [-0.3, -0.25) is 10.8 Å². The van der Waals surface area contributed by atoms with Crippen LogP contribution < -0.4 is 11.3 Å². The standard InChI is InChI=1S/C11H12BrN3S/c1-7-6-14-4-2-8(7)10(15-13)11-9(12)3-5-16-11/h2-6,10,15H,13H2,1H3. The zero-order valence-electron chi connectivity index (χ0n) is 8.77. The van der Waals surface area contributed by atoms with E-state index in [0.29, 0.717) is 0 Å². The van der Waals surface area contributed by atoms with Crippen LogP contribution in [0.2, 0.25) is 0 Å². The first-order valence-corrected chi connectivity index (χ1v) is 6.51. The summed E-state index contributed by atoms with van der Waals surface area (Å²) in [5.41, 5.74) is 5.14. The molecule has 84 valence electrons. The fourth-order valence-corrected chi connectivity index (χ4v) is 3.31. The molecule has 2 aromatic heterocycles. The second-order valence-electron chi connectivity index (χ2n) is 3.46. The summed E-state index contributed by atoms with van der Waals surface area (Å²) in [5.74, 6) is 5.65. The van der Waals surface area contributed by atoms with Gasteiger partial charge >= 0.3 is 0 Å². The van der Waals surface area contributed by atoms with E-state index in [1.807, 2.05) is 30.6 Å². The van der Waals surface area contributed by atoms with Gasteiger partial charge < -0.3 is 0 Å². The summed E-state index contributed by atoms with van der Waals surface area (Å²) in [6, 6.07) is 4.03. The molecule has 0 amide bonds. The van der Waals surface area contributed by atoms with E-state index in [-0.39, 0.29) is 6.04 Å². The van der Waals surface area contributed by atoms with E-state index in [1.54, 1.807) is 17.5 Å². The summed E-state index contributed by atoms with van der Waals surface area (Å²) in [6.07, 6.45) is 3.63. The average molecular weight is 298 g/mol. The molecule has 0 aliphatic heterocycles. The highest BCUT2D eigenvalue weighted by atomic mass is 79.9. The summed E-state index contributed by atoms with van der Waals surface area (Å²) in [6.45, 7) is 2.04. The Kier molecular flexibility index (Phi) is 3.70. The highest BCUT2D eigenvalue weighted by Crippen LogP contribution is 2.33. The zero-order valence-corrected chi connectivity index (χ0v) is 11.2. The minimum atomic E-state index is 0.0115. The van der Waals surface area contributed by atoms with Crippen LogP contribution in [0.25, 0.3) is 0 Å². The molecule has 1 unspecified atom stereocenters. The lowest BCUT2D eigenvalue weighted by atomic mass is 10.0. The molecule has 0 bridgehead atoms. The van der Waals surface area contributed by atoms with E-state index in [1.165, 1.54) is 4.88 Å². The van der Waals surface area contributed by atoms with Crippen molar-refractivity contribution in [3.63, 3.8) is 0 Å². The van der Waals surface area contributed by atoms with Crippen molar-refractivity contribution in [2.75, 3.05) is 0 Å². The van der Waals surface area contributed by atoms with Crippen LogP contribution in [0.15, 0.2) is 34.4 Å². The van der Waals surface area contributed by atoms with Gasteiger partial charge in [0.25, 0.3) is 0 Å². The maximum atomic E-state index is 5.65. The van der Waals surface area contributed by atoms with E-state index in [0.717, 1.165) is 15.6 Å². The Morgan fingerprint density at radius 3 is 2.88 bits per heavy atom. The van der Waals surface area contributed by atoms with Crippen molar-refractivity contribution in [3.8, 4) is 0 Å². The van der Waals surface area contributed by atoms with Gasteiger partial charge in [-0.1, -0.05) is 0 Å². The number of nitrogens with two attached hydrogens (primary N) is 1. The molecule has 2 heterocycles. The molecule has 0 saturated carbocycles. The van der Waals surface area contributed by atoms with Crippen molar-refractivity contribution >= 4 is 27.3 Å². The highest BCUT2D eigenvalue weighted by molar-refractivity contribution is 9.10. The van der Waals surface area contributed by atoms with Gasteiger partial charge in [0.15, 0.2) is 0 Å². The molecule has 0 saturated heterocycles. The molecule has 5 heteroatoms. The molecule has 2 rings (SSSR count). The molecule has 0 aliphatic rings. The molecule has 0 spiro atoms. The summed E-state index contributed by atoms with van der Waals surface area (Å²) >= 11 is 5.20. The van der Waals surface area contributed by atoms with Crippen LogP contribution in [-0.2, 0) is 0 Å². The zero-order chi connectivity index (χ0) is 11.5. The first kappa shape index (κ1) is 11.7. The number of nitrogens with zero attached hydrogens (tertiary/aromatic N) is 1. The van der Waals surface area contributed by atoms with E-state index >= 15 is 0 Å². The molecule has 0 radical (unpaired) electrons. The van der Waals surface area contributed by atoms with Gasteiger partial charge in [0.2, 0.25) is 0 Å². The Morgan fingerprint density at radius 1 is 1.50 bits per heavy atom. The van der Waals surface area contributed by atoms with Crippen molar-refractivity contribution in [1.29, 1.82) is 0 Å². The lowest BCUT2D eigenvalue weighted by Gasteiger charge is -2.17. The number of hydrazine groups is 1. The van der Waals surface area contributed by atoms with Crippen LogP contribution >= 0.6 is 27.3 Å². The van der Waals surface area contributed by atoms with Crippen LogP contribution in [0, 0.1) is 6.92 Å². The van der Waals surface area contributed by atoms with Crippen molar-refractivity contribution in [2.45, 2.75) is 13.0 Å². The number of pyridine rings is 1. The molecule has 3 nitrogen and oxygen atoms in total. The van der Waals surface area contributed by atoms with Crippen molar-refractivity contribution in [2.24, 2.45) is 5.84 Å². The molecular weight excluding hydrogens is 286 g/mol. The molecular formula is C11H12BrN3S. The number of rotatable bonds is 3. The Balaban J connectivity index is 2.45. The molecule has 3 N–H and O–H groups in total. The fourth-order valence-electron chi connectivity index (χ4n) is 1.63. The molecule has 0 fully saturated rings. The Morgan fingerprint density at radius 2 is 2.31 bits per heavy atom. The minimum absolute atomic E-state index is 0.0115. The third-order valence-corrected chi connectivity index (χ3v) is 4.38. The van der Waals surface area contributed by atoms with Gasteiger partial charge in [0.1, 0.15) is 0 Å². The predicted molar refractivity (Wildman–Crippen MR) is 70.2 cm³/mol. The van der Waals surface area contributed by atoms with Crippen LogP contribution in [0.3, 0.4) is 0 Å². The number of thiophene rings is 1. The first-order valence-electron chi connectivity index (χ1n) is 4.83. The number of nitrogens with one attached hydrogen (secondary N) is 1. The highest BCUT2D eigenvalue weighted by Gasteiger charge is 2.18. The maximum absolute atomic E-state index is 5.65. The molecule has 1 atom stereocenters. The summed E-state index contributed by atoms with van der Waals surface area (Å²) in [7, 11) is 0. The number of aromatic nitrogens is 1. The SMILES string of the molecule is Cc1cnccc1C(NN)c1sccc1Br. The van der Waals surface area contributed by atoms with Crippen molar-refractivity contribution in [3.05, 3.63) is 50.4 Å². The average Bonchev–Trinajstić information content (AvgIpc) is 2.69. The van der Waals surface area contributed by atoms with Crippen LogP contribution in [0.5, 0.6) is 0 Å². The van der Waals surface area contributed by atoms with Gasteiger partial charge in [-0.05, 0) is 51.5 Å². The van der Waals surface area contributed by atoms with Gasteiger partial charge in [0, 0.05) is 21.7 Å². The van der Waals surface area contributed by atoms with Crippen molar-refractivity contribution in [1.82, 2.24) is 10.4 Å². The van der Waals surface area contributed by atoms with Gasteiger partial charge in [-0.25, -0.2) is 5.43 Å². The summed E-state index contributed by atoms with van der Waals surface area (Å²) in [5, 5.41) is 2.04. The summed E-state index contributed by atoms with van der Waals surface area (Å²) in [4.78, 5) is 5.27. The van der Waals surface area contributed by atoms with Crippen LogP contribution in [-0.4, -0.2) is 4.98 Å². The predicted octanol–water partition coefficient (Wildman–Crippen LogP) is 2.77. The van der Waals surface area contributed by atoms with Gasteiger partial charge in [-0.15, -0.1) is 11.3 Å². The lowest BCUT2D eigenvalue weighted by molar-refractivity contribution is 0.640. The Labute approximate surface area is 107 Å². The number of hydrogen-bond donors (Lipinski definition) is 2. The second kappa shape index (κ2) is 5.05. The molecule has 2 aromatic rings. The maximum Gasteiger partial charge on any atom is 0.0817 e. The molecule has 16 heavy (non-hydrogen) atoms. The van der Waals surface area contributed by atoms with E-state index in [9.17, 15) is 0 Å². The first-order chi connectivity index (χ1) is 7.74. The van der Waals surface area contributed by atoms with E-state index < -0.39 is 0 Å². The van der Waals surface area contributed by atoms with Gasteiger partial charge in [0.05, 0.1) is 6.04 Å². The normalized spacial score (nSPS) is 12.7. The number of aryl methyl sites for hydroxylation is 1. The van der Waals surface area contributed by atoms with Crippen LogP contribution in [0.1, 0.15) is 22.0 Å². The third kappa shape index (κ3) is 2.17. The van der Waals surface area contributed by atoms with Crippen molar-refractivity contribution < 1.29 is 0 Å². The Hall–Kier alpha value is -0.750. The van der Waals surface area contributed by atoms with Gasteiger partial charge in [-0.2, -0.15) is 0 Å². The topological polar surface area (TPSA) is 50.9 Å². The molecule has 0 aliphatic carbocycles. The fraction of sp³-hybridized carbons (Fsp3) is 0.182. The number of halogens is 1. The quantitative estimate of drug-likeness (QED) is 0.677. The lowest BCUT2D eigenvalue weighted by Crippen LogP contribution is -2.29.